The molecule has 1 unspecified atom stereocenters. The van der Waals surface area contributed by atoms with Crippen molar-refractivity contribution in [1.29, 1.82) is 0 Å². The number of likely N-dealkylation sites (tertiary alicyclic amines) is 1. The van der Waals surface area contributed by atoms with E-state index in [4.69, 9.17) is 28.3 Å². The Morgan fingerprint density at radius 2 is 2.20 bits per heavy atom. The number of hydrogen-bond donors (Lipinski definition) is 1. The van der Waals surface area contributed by atoms with Crippen molar-refractivity contribution in [3.63, 3.8) is 0 Å². The minimum Gasteiger partial charge on any atom is -0.396 e. The number of aliphatic hydroxyl groups is 1. The number of Topliss-reactive ketones (excluding diaryl/α,β-unsaturated/α-hetero) is 1. The average Bonchev–Trinajstić information content (AvgIpc) is 2.39. The molecule has 1 aliphatic rings. The molecule has 0 spiro atoms. The molecule has 5 heteroatoms. The Morgan fingerprint density at radius 1 is 1.40 bits per heavy atom. The molecule has 0 bridgehead atoms. The second kappa shape index (κ2) is 7.41. The molecule has 0 aromatic heterocycles. The number of aliphatic hydroxyl groups excluding tert-OH is 1. The van der Waals surface area contributed by atoms with Gasteiger partial charge in [-0.25, -0.2) is 0 Å². The molecule has 0 aliphatic carbocycles. The van der Waals surface area contributed by atoms with Crippen LogP contribution in [0.2, 0.25) is 10.0 Å². The third-order valence-corrected chi connectivity index (χ3v) is 4.29. The minimum atomic E-state index is 0.0244. The summed E-state index contributed by atoms with van der Waals surface area (Å²) in [6, 6.07) is 4.97. The predicted molar refractivity (Wildman–Crippen MR) is 81.7 cm³/mol. The predicted octanol–water partition coefficient (Wildman–Crippen LogP) is 3.27. The molecular formula is C15H19Cl2NO2. The number of hydrogen-bond acceptors (Lipinski definition) is 3. The van der Waals surface area contributed by atoms with Crippen LogP contribution in [0.25, 0.3) is 0 Å². The first-order chi connectivity index (χ1) is 9.60. The molecule has 20 heavy (non-hydrogen) atoms. The van der Waals surface area contributed by atoms with E-state index in [-0.39, 0.29) is 12.4 Å². The van der Waals surface area contributed by atoms with Crippen molar-refractivity contribution >= 4 is 29.0 Å². The number of rotatable bonds is 5. The van der Waals surface area contributed by atoms with Crippen LogP contribution in [0.5, 0.6) is 0 Å². The molecule has 1 aromatic rings. The lowest BCUT2D eigenvalue weighted by molar-refractivity contribution is 0.0872. The first-order valence-corrected chi connectivity index (χ1v) is 7.67. The molecule has 1 heterocycles. The smallest absolute Gasteiger partial charge is 0.178 e. The van der Waals surface area contributed by atoms with Crippen LogP contribution in [0.4, 0.5) is 0 Å². The van der Waals surface area contributed by atoms with E-state index in [1.807, 2.05) is 0 Å². The average molecular weight is 316 g/mol. The van der Waals surface area contributed by atoms with Crippen LogP contribution in [0.15, 0.2) is 18.2 Å². The van der Waals surface area contributed by atoms with Gasteiger partial charge in [-0.15, -0.1) is 0 Å². The van der Waals surface area contributed by atoms with Gasteiger partial charge < -0.3 is 5.11 Å². The van der Waals surface area contributed by atoms with Gasteiger partial charge in [0.25, 0.3) is 0 Å². The van der Waals surface area contributed by atoms with Crippen molar-refractivity contribution in [1.82, 2.24) is 4.90 Å². The number of nitrogens with zero attached hydrogens (tertiary/aromatic N) is 1. The fourth-order valence-electron chi connectivity index (χ4n) is 2.72. The van der Waals surface area contributed by atoms with Crippen LogP contribution < -0.4 is 0 Å². The summed E-state index contributed by atoms with van der Waals surface area (Å²) in [6.07, 6.45) is 3.02. The van der Waals surface area contributed by atoms with Gasteiger partial charge in [0, 0.05) is 23.7 Å². The molecule has 0 saturated carbocycles. The van der Waals surface area contributed by atoms with Crippen LogP contribution in [-0.2, 0) is 0 Å². The van der Waals surface area contributed by atoms with Crippen LogP contribution in [-0.4, -0.2) is 42.0 Å². The monoisotopic (exact) mass is 315 g/mol. The fraction of sp³-hybridized carbons (Fsp3) is 0.533. The van der Waals surface area contributed by atoms with Gasteiger partial charge in [-0.2, -0.15) is 0 Å². The maximum absolute atomic E-state index is 12.3. The number of ketones is 1. The maximum Gasteiger partial charge on any atom is 0.178 e. The highest BCUT2D eigenvalue weighted by Gasteiger charge is 2.22. The molecule has 1 aliphatic heterocycles. The van der Waals surface area contributed by atoms with Crippen molar-refractivity contribution in [3.8, 4) is 0 Å². The molecule has 1 fully saturated rings. The summed E-state index contributed by atoms with van der Waals surface area (Å²) < 4.78 is 0. The summed E-state index contributed by atoms with van der Waals surface area (Å²) >= 11 is 11.9. The van der Waals surface area contributed by atoms with Gasteiger partial charge >= 0.3 is 0 Å². The molecule has 1 saturated heterocycles. The van der Waals surface area contributed by atoms with Gasteiger partial charge in [0.15, 0.2) is 5.78 Å². The van der Waals surface area contributed by atoms with Crippen molar-refractivity contribution in [2.24, 2.45) is 5.92 Å². The van der Waals surface area contributed by atoms with E-state index in [1.54, 1.807) is 18.2 Å². The van der Waals surface area contributed by atoms with Gasteiger partial charge in [0.05, 0.1) is 11.6 Å². The van der Waals surface area contributed by atoms with Crippen molar-refractivity contribution in [3.05, 3.63) is 33.8 Å². The Kier molecular flexibility index (Phi) is 5.85. The summed E-state index contributed by atoms with van der Waals surface area (Å²) in [5, 5.41) is 9.96. The topological polar surface area (TPSA) is 40.5 Å². The molecule has 0 radical (unpaired) electrons. The van der Waals surface area contributed by atoms with E-state index < -0.39 is 0 Å². The number of carbonyl (C=O) groups excluding carboxylic acids is 1. The molecule has 0 amide bonds. The third-order valence-electron chi connectivity index (χ3n) is 3.74. The quantitative estimate of drug-likeness (QED) is 0.848. The second-order valence-electron chi connectivity index (χ2n) is 5.30. The zero-order valence-electron chi connectivity index (χ0n) is 11.3. The van der Waals surface area contributed by atoms with Crippen LogP contribution in [0.3, 0.4) is 0 Å². The Bertz CT molecular complexity index is 477. The van der Waals surface area contributed by atoms with Gasteiger partial charge in [-0.1, -0.05) is 23.2 Å². The zero-order chi connectivity index (χ0) is 14.5. The van der Waals surface area contributed by atoms with Gasteiger partial charge in [-0.3, -0.25) is 9.69 Å². The Hall–Kier alpha value is -0.610. The summed E-state index contributed by atoms with van der Waals surface area (Å²) in [5.41, 5.74) is 0.528. The van der Waals surface area contributed by atoms with Crippen LogP contribution in [0.1, 0.15) is 29.6 Å². The molecule has 1 aromatic carbocycles. The van der Waals surface area contributed by atoms with Gasteiger partial charge in [0.1, 0.15) is 0 Å². The summed E-state index contributed by atoms with van der Waals surface area (Å²) in [7, 11) is 0. The minimum absolute atomic E-state index is 0.0244. The van der Waals surface area contributed by atoms with Crippen molar-refractivity contribution in [2.75, 3.05) is 26.2 Å². The molecule has 1 atom stereocenters. The standard InChI is InChI=1S/C15H19Cl2NO2/c16-12-3-4-13(14(17)8-12)15(20)10-18-6-1-2-11(9-18)5-7-19/h3-4,8,11,19H,1-2,5-7,9-10H2. The Morgan fingerprint density at radius 3 is 2.90 bits per heavy atom. The summed E-state index contributed by atoms with van der Waals surface area (Å²) in [4.78, 5) is 14.4. The van der Waals surface area contributed by atoms with Crippen molar-refractivity contribution < 1.29 is 9.90 Å². The summed E-state index contributed by atoms with van der Waals surface area (Å²) in [6.45, 7) is 2.40. The lowest BCUT2D eigenvalue weighted by Gasteiger charge is -2.32. The highest BCUT2D eigenvalue weighted by molar-refractivity contribution is 6.36. The largest absolute Gasteiger partial charge is 0.396 e. The van der Waals surface area contributed by atoms with E-state index in [1.165, 1.54) is 0 Å². The van der Waals surface area contributed by atoms with E-state index in [0.717, 1.165) is 32.4 Å². The molecule has 110 valence electrons. The zero-order valence-corrected chi connectivity index (χ0v) is 12.8. The number of benzene rings is 1. The fourth-order valence-corrected chi connectivity index (χ4v) is 3.23. The van der Waals surface area contributed by atoms with Crippen molar-refractivity contribution in [2.45, 2.75) is 19.3 Å². The van der Waals surface area contributed by atoms with E-state index in [9.17, 15) is 4.79 Å². The highest BCUT2D eigenvalue weighted by Crippen LogP contribution is 2.23. The lowest BCUT2D eigenvalue weighted by Crippen LogP contribution is -2.39. The lowest BCUT2D eigenvalue weighted by atomic mass is 9.95. The molecule has 3 nitrogen and oxygen atoms in total. The Balaban J connectivity index is 1.97. The molecular weight excluding hydrogens is 297 g/mol. The molecule has 2 rings (SSSR count). The third kappa shape index (κ3) is 4.19. The van der Waals surface area contributed by atoms with E-state index in [0.29, 0.717) is 28.1 Å². The maximum atomic E-state index is 12.3. The van der Waals surface area contributed by atoms with E-state index in [2.05, 4.69) is 4.90 Å². The molecule has 1 N–H and O–H groups in total. The highest BCUT2D eigenvalue weighted by atomic mass is 35.5. The number of halogens is 2. The normalized spacial score (nSPS) is 20.1. The summed E-state index contributed by atoms with van der Waals surface area (Å²) in [5.74, 6) is 0.513. The SMILES string of the molecule is O=C(CN1CCCC(CCO)C1)c1ccc(Cl)cc1Cl. The number of piperidine rings is 1. The second-order valence-corrected chi connectivity index (χ2v) is 6.15. The first kappa shape index (κ1) is 15.8. The van der Waals surface area contributed by atoms with Gasteiger partial charge in [0.2, 0.25) is 0 Å². The van der Waals surface area contributed by atoms with Crippen LogP contribution in [0, 0.1) is 5.92 Å². The number of carbonyl (C=O) groups is 1. The Labute approximate surface area is 129 Å². The first-order valence-electron chi connectivity index (χ1n) is 6.91. The van der Waals surface area contributed by atoms with Crippen LogP contribution >= 0.6 is 23.2 Å². The van der Waals surface area contributed by atoms with Gasteiger partial charge in [-0.05, 0) is 49.9 Å². The van der Waals surface area contributed by atoms with E-state index >= 15 is 0 Å².